The zero-order valence-electron chi connectivity index (χ0n) is 11.5. The van der Waals surface area contributed by atoms with Gasteiger partial charge in [-0.2, -0.15) is 0 Å². The molecule has 1 aromatic rings. The predicted octanol–water partition coefficient (Wildman–Crippen LogP) is 3.17. The van der Waals surface area contributed by atoms with Crippen molar-refractivity contribution < 1.29 is 4.39 Å². The van der Waals surface area contributed by atoms with Crippen molar-refractivity contribution in [2.75, 3.05) is 18.5 Å². The van der Waals surface area contributed by atoms with Crippen LogP contribution < -0.4 is 10.2 Å². The molecule has 0 aliphatic heterocycles. The normalized spacial score (nSPS) is 15.2. The first-order valence-corrected chi connectivity index (χ1v) is 6.79. The van der Waals surface area contributed by atoms with E-state index in [1.54, 1.807) is 6.07 Å². The standard InChI is InChI=1S/C15H23FN2/c1-11(2)10-18(3)15-7-4-12(8-14(15)16)9-17-13-5-6-13/h4,7-8,11,13,17H,5-6,9-10H2,1-3H3. The number of nitrogens with zero attached hydrogens (tertiary/aromatic N) is 1. The highest BCUT2D eigenvalue weighted by Crippen LogP contribution is 2.22. The van der Waals surface area contributed by atoms with Gasteiger partial charge in [0.2, 0.25) is 0 Å². The summed E-state index contributed by atoms with van der Waals surface area (Å²) in [4.78, 5) is 1.98. The fraction of sp³-hybridized carbons (Fsp3) is 0.600. The van der Waals surface area contributed by atoms with Crippen LogP contribution in [0.3, 0.4) is 0 Å². The van der Waals surface area contributed by atoms with Crippen LogP contribution in [0.15, 0.2) is 18.2 Å². The number of anilines is 1. The summed E-state index contributed by atoms with van der Waals surface area (Å²) in [5.41, 5.74) is 1.72. The van der Waals surface area contributed by atoms with Crippen LogP contribution in [0.5, 0.6) is 0 Å². The van der Waals surface area contributed by atoms with Gasteiger partial charge in [0.1, 0.15) is 5.82 Å². The molecule has 18 heavy (non-hydrogen) atoms. The predicted molar refractivity (Wildman–Crippen MR) is 74.4 cm³/mol. The highest BCUT2D eigenvalue weighted by Gasteiger charge is 2.20. The van der Waals surface area contributed by atoms with E-state index in [0.717, 1.165) is 18.7 Å². The number of nitrogens with one attached hydrogen (secondary N) is 1. The van der Waals surface area contributed by atoms with Gasteiger partial charge in [-0.05, 0) is 36.5 Å². The van der Waals surface area contributed by atoms with Crippen molar-refractivity contribution in [3.63, 3.8) is 0 Å². The first-order chi connectivity index (χ1) is 8.56. The van der Waals surface area contributed by atoms with Gasteiger partial charge in [0.15, 0.2) is 0 Å². The highest BCUT2D eigenvalue weighted by molar-refractivity contribution is 5.48. The minimum atomic E-state index is -0.117. The minimum absolute atomic E-state index is 0.117. The number of hydrogen-bond acceptors (Lipinski definition) is 2. The van der Waals surface area contributed by atoms with Crippen molar-refractivity contribution in [1.82, 2.24) is 5.32 Å². The van der Waals surface area contributed by atoms with Crippen molar-refractivity contribution in [3.05, 3.63) is 29.6 Å². The Hall–Kier alpha value is -1.09. The molecule has 100 valence electrons. The third-order valence-electron chi connectivity index (χ3n) is 3.23. The molecule has 2 rings (SSSR count). The van der Waals surface area contributed by atoms with Crippen LogP contribution >= 0.6 is 0 Å². The van der Waals surface area contributed by atoms with Gasteiger partial charge in [0.25, 0.3) is 0 Å². The molecule has 1 aliphatic carbocycles. The molecule has 0 saturated heterocycles. The first-order valence-electron chi connectivity index (χ1n) is 6.79. The molecule has 0 amide bonds. The summed E-state index contributed by atoms with van der Waals surface area (Å²) in [6, 6.07) is 6.23. The Labute approximate surface area is 109 Å². The highest BCUT2D eigenvalue weighted by atomic mass is 19.1. The summed E-state index contributed by atoms with van der Waals surface area (Å²) in [6.45, 7) is 5.93. The molecule has 1 saturated carbocycles. The molecule has 0 radical (unpaired) electrons. The smallest absolute Gasteiger partial charge is 0.146 e. The van der Waals surface area contributed by atoms with Gasteiger partial charge < -0.3 is 10.2 Å². The van der Waals surface area contributed by atoms with Crippen molar-refractivity contribution in [2.45, 2.75) is 39.3 Å². The van der Waals surface area contributed by atoms with Gasteiger partial charge in [0, 0.05) is 26.2 Å². The number of benzene rings is 1. The monoisotopic (exact) mass is 250 g/mol. The van der Waals surface area contributed by atoms with Crippen LogP contribution in [0, 0.1) is 11.7 Å². The topological polar surface area (TPSA) is 15.3 Å². The molecule has 0 aromatic heterocycles. The summed E-state index contributed by atoms with van der Waals surface area (Å²) in [7, 11) is 1.94. The number of hydrogen-bond donors (Lipinski definition) is 1. The maximum absolute atomic E-state index is 14.0. The summed E-state index contributed by atoms with van der Waals surface area (Å²) in [5, 5.41) is 3.40. The minimum Gasteiger partial charge on any atom is -0.372 e. The molecule has 1 fully saturated rings. The maximum atomic E-state index is 14.0. The van der Waals surface area contributed by atoms with E-state index in [2.05, 4.69) is 19.2 Å². The van der Waals surface area contributed by atoms with E-state index in [1.807, 2.05) is 24.1 Å². The number of halogens is 1. The molecule has 0 atom stereocenters. The molecule has 0 heterocycles. The van der Waals surface area contributed by atoms with E-state index in [0.29, 0.717) is 17.6 Å². The zero-order valence-corrected chi connectivity index (χ0v) is 11.5. The van der Waals surface area contributed by atoms with Crippen LogP contribution in [0.4, 0.5) is 10.1 Å². The molecule has 1 aliphatic rings. The molecule has 2 nitrogen and oxygen atoms in total. The third-order valence-corrected chi connectivity index (χ3v) is 3.23. The Kier molecular flexibility index (Phi) is 4.23. The molecule has 0 bridgehead atoms. The molecule has 1 aromatic carbocycles. The Balaban J connectivity index is 1.99. The van der Waals surface area contributed by atoms with Crippen molar-refractivity contribution in [3.8, 4) is 0 Å². The lowest BCUT2D eigenvalue weighted by Crippen LogP contribution is -2.23. The van der Waals surface area contributed by atoms with Gasteiger partial charge in [-0.25, -0.2) is 4.39 Å². The molecule has 0 spiro atoms. The van der Waals surface area contributed by atoms with Crippen LogP contribution in [0.1, 0.15) is 32.3 Å². The number of rotatable bonds is 6. The second kappa shape index (κ2) is 5.70. The zero-order chi connectivity index (χ0) is 13.1. The second-order valence-electron chi connectivity index (χ2n) is 5.72. The van der Waals surface area contributed by atoms with Gasteiger partial charge in [-0.3, -0.25) is 0 Å². The Morgan fingerprint density at radius 2 is 2.11 bits per heavy atom. The quantitative estimate of drug-likeness (QED) is 0.834. The fourth-order valence-electron chi connectivity index (χ4n) is 2.17. The van der Waals surface area contributed by atoms with Crippen molar-refractivity contribution in [2.24, 2.45) is 5.92 Å². The molecule has 1 N–H and O–H groups in total. The lowest BCUT2D eigenvalue weighted by Gasteiger charge is -2.22. The largest absolute Gasteiger partial charge is 0.372 e. The van der Waals surface area contributed by atoms with E-state index in [1.165, 1.54) is 12.8 Å². The molecular weight excluding hydrogens is 227 g/mol. The molecule has 3 heteroatoms. The van der Waals surface area contributed by atoms with E-state index in [9.17, 15) is 4.39 Å². The van der Waals surface area contributed by atoms with E-state index >= 15 is 0 Å². The van der Waals surface area contributed by atoms with Gasteiger partial charge in [-0.15, -0.1) is 0 Å². The van der Waals surface area contributed by atoms with Crippen LogP contribution in [0.25, 0.3) is 0 Å². The second-order valence-corrected chi connectivity index (χ2v) is 5.72. The van der Waals surface area contributed by atoms with E-state index in [-0.39, 0.29) is 5.82 Å². The third kappa shape index (κ3) is 3.70. The average Bonchev–Trinajstić information content (AvgIpc) is 3.09. The van der Waals surface area contributed by atoms with Crippen molar-refractivity contribution in [1.29, 1.82) is 0 Å². The van der Waals surface area contributed by atoms with Gasteiger partial charge >= 0.3 is 0 Å². The van der Waals surface area contributed by atoms with Gasteiger partial charge in [-0.1, -0.05) is 19.9 Å². The molecule has 0 unspecified atom stereocenters. The van der Waals surface area contributed by atoms with Gasteiger partial charge in [0.05, 0.1) is 5.69 Å². The maximum Gasteiger partial charge on any atom is 0.146 e. The van der Waals surface area contributed by atoms with Crippen LogP contribution in [-0.2, 0) is 6.54 Å². The van der Waals surface area contributed by atoms with E-state index in [4.69, 9.17) is 0 Å². The summed E-state index contributed by atoms with van der Waals surface area (Å²) >= 11 is 0. The van der Waals surface area contributed by atoms with Crippen LogP contribution in [-0.4, -0.2) is 19.6 Å². The lowest BCUT2D eigenvalue weighted by atomic mass is 10.1. The van der Waals surface area contributed by atoms with Crippen LogP contribution in [0.2, 0.25) is 0 Å². The summed E-state index contributed by atoms with van der Waals surface area (Å²) < 4.78 is 14.0. The van der Waals surface area contributed by atoms with Crippen molar-refractivity contribution >= 4 is 5.69 Å². The summed E-state index contributed by atoms with van der Waals surface area (Å²) in [6.07, 6.45) is 2.52. The Bertz CT molecular complexity index is 399. The lowest BCUT2D eigenvalue weighted by molar-refractivity contribution is 0.595. The Morgan fingerprint density at radius 1 is 1.39 bits per heavy atom. The fourth-order valence-corrected chi connectivity index (χ4v) is 2.17. The molecular formula is C15H23FN2. The summed E-state index contributed by atoms with van der Waals surface area (Å²) in [5.74, 6) is 0.416. The Morgan fingerprint density at radius 3 is 2.67 bits per heavy atom. The SMILES string of the molecule is CC(C)CN(C)c1ccc(CNC2CC2)cc1F. The van der Waals surface area contributed by atoms with E-state index < -0.39 is 0 Å². The average molecular weight is 250 g/mol. The first kappa shape index (κ1) is 13.3.